The number of nitrogens with two attached hydrogens (primary N) is 1. The van der Waals surface area contributed by atoms with E-state index in [1.807, 2.05) is 20.8 Å². The molecule has 22 heavy (non-hydrogen) atoms. The zero-order chi connectivity index (χ0) is 16.5. The highest BCUT2D eigenvalue weighted by molar-refractivity contribution is 8.00. The average Bonchev–Trinajstić information content (AvgIpc) is 2.54. The molecule has 0 saturated carbocycles. The highest BCUT2D eigenvalue weighted by atomic mass is 32.2. The smallest absolute Gasteiger partial charge is 0.296 e. The van der Waals surface area contributed by atoms with Crippen LogP contribution < -0.4 is 16.6 Å². The van der Waals surface area contributed by atoms with Gasteiger partial charge in [0.25, 0.3) is 5.56 Å². The molecular formula is C13H22N6O2S. The summed E-state index contributed by atoms with van der Waals surface area (Å²) in [5, 5.41) is 15.2. The summed E-state index contributed by atoms with van der Waals surface area (Å²) in [4.78, 5) is 23.6. The number of aryl methyl sites for hydroxylation is 1. The monoisotopic (exact) mass is 326 g/mol. The Balaban J connectivity index is 0.00000116. The van der Waals surface area contributed by atoms with Crippen molar-refractivity contribution in [2.24, 2.45) is 10.8 Å². The molecule has 0 aliphatic carbocycles. The van der Waals surface area contributed by atoms with E-state index in [1.54, 1.807) is 6.21 Å². The molecule has 0 bridgehead atoms. The van der Waals surface area contributed by atoms with Crippen LogP contribution >= 0.6 is 11.8 Å². The lowest BCUT2D eigenvalue weighted by Gasteiger charge is -2.14. The van der Waals surface area contributed by atoms with Gasteiger partial charge >= 0.3 is 0 Å². The van der Waals surface area contributed by atoms with E-state index in [-0.39, 0.29) is 35.3 Å². The molecule has 1 unspecified atom stereocenters. The molecule has 0 aromatic carbocycles. The van der Waals surface area contributed by atoms with Gasteiger partial charge in [0.1, 0.15) is 5.69 Å². The summed E-state index contributed by atoms with van der Waals surface area (Å²) in [5.74, 6) is -0.161. The maximum Gasteiger partial charge on any atom is 0.296 e. The molecule has 1 aromatic heterocycles. The molecule has 2 rings (SSSR count). The van der Waals surface area contributed by atoms with Gasteiger partial charge in [-0.05, 0) is 6.92 Å². The Labute approximate surface area is 133 Å². The molecule has 2 heterocycles. The molecule has 9 heteroatoms. The van der Waals surface area contributed by atoms with Crippen LogP contribution in [0.3, 0.4) is 0 Å². The summed E-state index contributed by atoms with van der Waals surface area (Å²) in [6, 6.07) is 0. The van der Waals surface area contributed by atoms with Gasteiger partial charge in [-0.1, -0.05) is 25.6 Å². The highest BCUT2D eigenvalue weighted by Gasteiger charge is 2.18. The van der Waals surface area contributed by atoms with E-state index < -0.39 is 0 Å². The number of nitrogens with one attached hydrogen (secondary N) is 1. The van der Waals surface area contributed by atoms with Crippen molar-refractivity contribution in [2.75, 3.05) is 13.1 Å². The predicted molar refractivity (Wildman–Crippen MR) is 87.2 cm³/mol. The van der Waals surface area contributed by atoms with E-state index in [2.05, 4.69) is 20.6 Å². The second kappa shape index (κ2) is 9.31. The van der Waals surface area contributed by atoms with Crippen LogP contribution in [0.2, 0.25) is 0 Å². The lowest BCUT2D eigenvalue weighted by Crippen LogP contribution is -2.31. The summed E-state index contributed by atoms with van der Waals surface area (Å²) >= 11 is 1.42. The van der Waals surface area contributed by atoms with E-state index in [9.17, 15) is 9.59 Å². The fourth-order valence-corrected chi connectivity index (χ4v) is 2.38. The molecule has 0 saturated heterocycles. The van der Waals surface area contributed by atoms with E-state index >= 15 is 0 Å². The van der Waals surface area contributed by atoms with Crippen LogP contribution in [0.4, 0.5) is 0 Å². The number of hydrogen-bond acceptors (Lipinski definition) is 7. The molecule has 1 aliphatic rings. The first-order chi connectivity index (χ1) is 10.6. The SMILES string of the molecule is CC.CC1C=Nn2c(nnc(CCC(=O)NCCN)c2=O)S1. The van der Waals surface area contributed by atoms with Crippen molar-refractivity contribution in [1.82, 2.24) is 20.2 Å². The third-order valence-corrected chi connectivity index (χ3v) is 3.57. The highest BCUT2D eigenvalue weighted by Crippen LogP contribution is 2.21. The van der Waals surface area contributed by atoms with Crippen molar-refractivity contribution in [2.45, 2.75) is 44.0 Å². The summed E-state index contributed by atoms with van der Waals surface area (Å²) < 4.78 is 1.23. The molecule has 1 amide bonds. The second-order valence-corrected chi connectivity index (χ2v) is 5.62. The van der Waals surface area contributed by atoms with Crippen LogP contribution in [0.25, 0.3) is 0 Å². The number of thioether (sulfide) groups is 1. The van der Waals surface area contributed by atoms with Crippen molar-refractivity contribution in [3.8, 4) is 0 Å². The van der Waals surface area contributed by atoms with E-state index in [0.717, 1.165) is 0 Å². The Morgan fingerprint density at radius 1 is 1.45 bits per heavy atom. The van der Waals surface area contributed by atoms with Gasteiger partial charge in [0.2, 0.25) is 11.1 Å². The lowest BCUT2D eigenvalue weighted by atomic mass is 10.2. The molecule has 1 aromatic rings. The van der Waals surface area contributed by atoms with Crippen LogP contribution in [-0.4, -0.2) is 45.3 Å². The Morgan fingerprint density at radius 2 is 2.18 bits per heavy atom. The van der Waals surface area contributed by atoms with E-state index in [1.165, 1.54) is 16.4 Å². The largest absolute Gasteiger partial charge is 0.355 e. The quantitative estimate of drug-likeness (QED) is 0.787. The van der Waals surface area contributed by atoms with Gasteiger partial charge < -0.3 is 11.1 Å². The van der Waals surface area contributed by atoms with Gasteiger partial charge in [0.15, 0.2) is 0 Å². The maximum atomic E-state index is 12.1. The number of rotatable bonds is 5. The standard InChI is InChI=1S/C11H16N6O2S.C2H6/c1-7-6-14-17-10(19)8(15-16-11(17)20-7)2-3-9(18)13-5-4-12;1-2/h6-7H,2-5,12H2,1H3,(H,13,18);1-2H3. The molecule has 8 nitrogen and oxygen atoms in total. The number of nitrogens with zero attached hydrogens (tertiary/aromatic N) is 4. The first-order valence-corrected chi connectivity index (χ1v) is 8.16. The van der Waals surface area contributed by atoms with Crippen molar-refractivity contribution in [3.05, 3.63) is 16.0 Å². The third-order valence-electron chi connectivity index (χ3n) is 2.62. The molecule has 1 atom stereocenters. The van der Waals surface area contributed by atoms with Crippen molar-refractivity contribution < 1.29 is 4.79 Å². The fourth-order valence-electron chi connectivity index (χ4n) is 1.62. The summed E-state index contributed by atoms with van der Waals surface area (Å²) in [5.41, 5.74) is 5.20. The Morgan fingerprint density at radius 3 is 2.86 bits per heavy atom. The van der Waals surface area contributed by atoms with Gasteiger partial charge in [-0.15, -0.1) is 10.2 Å². The van der Waals surface area contributed by atoms with Crippen molar-refractivity contribution >= 4 is 23.9 Å². The molecule has 0 spiro atoms. The van der Waals surface area contributed by atoms with Gasteiger partial charge in [0, 0.05) is 37.4 Å². The van der Waals surface area contributed by atoms with Gasteiger partial charge in [0.05, 0.1) is 0 Å². The Kier molecular flexibility index (Phi) is 7.75. The summed E-state index contributed by atoms with van der Waals surface area (Å²) in [6.07, 6.45) is 2.09. The number of fused-ring (bicyclic) bond motifs is 1. The van der Waals surface area contributed by atoms with Crippen LogP contribution in [-0.2, 0) is 11.2 Å². The number of carbonyl (C=O) groups excluding carboxylic acids is 1. The third kappa shape index (κ3) is 4.92. The zero-order valence-corrected chi connectivity index (χ0v) is 13.9. The number of amides is 1. The number of hydrogen-bond donors (Lipinski definition) is 2. The first kappa shape index (κ1) is 18.3. The van der Waals surface area contributed by atoms with Gasteiger partial charge in [-0.3, -0.25) is 9.59 Å². The number of carbonyl (C=O) groups is 1. The molecule has 3 N–H and O–H groups in total. The van der Waals surface area contributed by atoms with Crippen LogP contribution in [0.5, 0.6) is 0 Å². The van der Waals surface area contributed by atoms with Gasteiger partial charge in [-0.25, -0.2) is 0 Å². The Hall–Kier alpha value is -1.74. The molecular weight excluding hydrogens is 304 g/mol. The van der Waals surface area contributed by atoms with Crippen LogP contribution in [0, 0.1) is 0 Å². The molecule has 0 fully saturated rings. The van der Waals surface area contributed by atoms with E-state index in [4.69, 9.17) is 5.73 Å². The fraction of sp³-hybridized carbons (Fsp3) is 0.615. The molecule has 1 aliphatic heterocycles. The minimum absolute atomic E-state index is 0.161. The van der Waals surface area contributed by atoms with E-state index in [0.29, 0.717) is 18.2 Å². The van der Waals surface area contributed by atoms with Gasteiger partial charge in [-0.2, -0.15) is 9.78 Å². The normalized spacial score (nSPS) is 15.5. The maximum absolute atomic E-state index is 12.1. The zero-order valence-electron chi connectivity index (χ0n) is 13.1. The minimum Gasteiger partial charge on any atom is -0.355 e. The molecule has 122 valence electrons. The summed E-state index contributed by atoms with van der Waals surface area (Å²) in [6.45, 7) is 6.77. The van der Waals surface area contributed by atoms with Crippen LogP contribution in [0.1, 0.15) is 32.9 Å². The van der Waals surface area contributed by atoms with Crippen molar-refractivity contribution in [3.63, 3.8) is 0 Å². The van der Waals surface area contributed by atoms with Crippen LogP contribution in [0.15, 0.2) is 15.1 Å². The van der Waals surface area contributed by atoms with Crippen molar-refractivity contribution in [1.29, 1.82) is 0 Å². The second-order valence-electron chi connectivity index (χ2n) is 4.27. The Bertz CT molecular complexity index is 586. The number of aromatic nitrogens is 3. The lowest BCUT2D eigenvalue weighted by molar-refractivity contribution is -0.121. The topological polar surface area (TPSA) is 115 Å². The molecule has 0 radical (unpaired) electrons. The minimum atomic E-state index is -0.322. The first-order valence-electron chi connectivity index (χ1n) is 7.28. The predicted octanol–water partition coefficient (Wildman–Crippen LogP) is 0.000100. The summed E-state index contributed by atoms with van der Waals surface area (Å²) in [7, 11) is 0. The average molecular weight is 326 g/mol.